The minimum atomic E-state index is 0.419. The van der Waals surface area contributed by atoms with Crippen molar-refractivity contribution < 1.29 is 4.74 Å². The highest BCUT2D eigenvalue weighted by Crippen LogP contribution is 2.23. The standard InChI is InChI=1S/C23H22BrN3OS/c1-17-7-5-6-10-19(17)15-28-22-12-11-21(24)13-20(22)14-26-27-23(25)29-16-18-8-3-2-4-9-18/h2-14H,15-16H2,1H3,(H2,25,27). The van der Waals surface area contributed by atoms with Gasteiger partial charge in [0.15, 0.2) is 5.17 Å². The first-order valence-corrected chi connectivity index (χ1v) is 10.9. The van der Waals surface area contributed by atoms with Gasteiger partial charge in [0.2, 0.25) is 0 Å². The number of aryl methyl sites for hydroxylation is 1. The van der Waals surface area contributed by atoms with E-state index in [-0.39, 0.29) is 0 Å². The molecular formula is C23H22BrN3OS. The second-order valence-corrected chi connectivity index (χ2v) is 8.27. The van der Waals surface area contributed by atoms with Crippen molar-refractivity contribution >= 4 is 39.1 Å². The van der Waals surface area contributed by atoms with Gasteiger partial charge in [0, 0.05) is 15.8 Å². The molecule has 148 valence electrons. The Hall–Kier alpha value is -2.57. The summed E-state index contributed by atoms with van der Waals surface area (Å²) in [7, 11) is 0. The monoisotopic (exact) mass is 467 g/mol. The molecule has 0 aromatic heterocycles. The number of hydrogen-bond acceptors (Lipinski definition) is 4. The molecule has 0 saturated carbocycles. The second kappa shape index (κ2) is 10.8. The lowest BCUT2D eigenvalue weighted by atomic mass is 10.1. The number of thioether (sulfide) groups is 1. The molecule has 0 radical (unpaired) electrons. The zero-order chi connectivity index (χ0) is 20.5. The molecule has 0 unspecified atom stereocenters. The maximum absolute atomic E-state index is 6.02. The quantitative estimate of drug-likeness (QED) is 0.266. The van der Waals surface area contributed by atoms with Gasteiger partial charge in [-0.15, -0.1) is 5.10 Å². The van der Waals surface area contributed by atoms with Crippen LogP contribution in [0.15, 0.2) is 87.5 Å². The van der Waals surface area contributed by atoms with Crippen LogP contribution in [0, 0.1) is 6.92 Å². The van der Waals surface area contributed by atoms with Crippen LogP contribution in [-0.4, -0.2) is 11.4 Å². The Morgan fingerprint density at radius 2 is 1.83 bits per heavy atom. The molecule has 0 aliphatic rings. The summed E-state index contributed by atoms with van der Waals surface area (Å²) >= 11 is 4.95. The van der Waals surface area contributed by atoms with E-state index in [4.69, 9.17) is 10.5 Å². The average molecular weight is 468 g/mol. The summed E-state index contributed by atoms with van der Waals surface area (Å²) in [5.41, 5.74) is 10.3. The molecule has 0 aliphatic carbocycles. The van der Waals surface area contributed by atoms with Crippen molar-refractivity contribution in [2.24, 2.45) is 15.9 Å². The van der Waals surface area contributed by atoms with Gasteiger partial charge in [-0.1, -0.05) is 82.3 Å². The van der Waals surface area contributed by atoms with Crippen molar-refractivity contribution in [1.82, 2.24) is 0 Å². The second-order valence-electron chi connectivity index (χ2n) is 6.35. The number of nitrogens with two attached hydrogens (primary N) is 1. The lowest BCUT2D eigenvalue weighted by molar-refractivity contribution is 0.305. The van der Waals surface area contributed by atoms with Gasteiger partial charge in [-0.05, 0) is 41.8 Å². The highest BCUT2D eigenvalue weighted by atomic mass is 79.9. The number of amidine groups is 1. The third-order valence-corrected chi connectivity index (χ3v) is 5.55. The molecule has 6 heteroatoms. The van der Waals surface area contributed by atoms with E-state index >= 15 is 0 Å². The van der Waals surface area contributed by atoms with Gasteiger partial charge >= 0.3 is 0 Å². The number of hydrogen-bond donors (Lipinski definition) is 1. The van der Waals surface area contributed by atoms with Crippen LogP contribution in [0.25, 0.3) is 0 Å². The van der Waals surface area contributed by atoms with Gasteiger partial charge in [0.1, 0.15) is 12.4 Å². The summed E-state index contributed by atoms with van der Waals surface area (Å²) in [5, 5.41) is 8.66. The Kier molecular flexibility index (Phi) is 7.90. The van der Waals surface area contributed by atoms with E-state index < -0.39 is 0 Å². The molecule has 0 fully saturated rings. The van der Waals surface area contributed by atoms with Crippen LogP contribution in [0.4, 0.5) is 0 Å². The number of ether oxygens (including phenoxy) is 1. The topological polar surface area (TPSA) is 60.0 Å². The summed E-state index contributed by atoms with van der Waals surface area (Å²) in [6.45, 7) is 2.57. The molecule has 3 aromatic rings. The first-order valence-electron chi connectivity index (χ1n) is 9.12. The lowest BCUT2D eigenvalue weighted by Gasteiger charge is -2.11. The molecule has 0 bridgehead atoms. The Morgan fingerprint density at radius 1 is 1.07 bits per heavy atom. The first kappa shape index (κ1) is 21.1. The van der Waals surface area contributed by atoms with Crippen molar-refractivity contribution in [2.45, 2.75) is 19.3 Å². The average Bonchev–Trinajstić information content (AvgIpc) is 2.73. The Balaban J connectivity index is 1.64. The lowest BCUT2D eigenvalue weighted by Crippen LogP contribution is -2.06. The van der Waals surface area contributed by atoms with Crippen molar-refractivity contribution in [3.63, 3.8) is 0 Å². The minimum absolute atomic E-state index is 0.419. The van der Waals surface area contributed by atoms with Crippen LogP contribution >= 0.6 is 27.7 Å². The third kappa shape index (κ3) is 6.76. The maximum Gasteiger partial charge on any atom is 0.180 e. The zero-order valence-corrected chi connectivity index (χ0v) is 18.5. The van der Waals surface area contributed by atoms with Gasteiger partial charge < -0.3 is 10.5 Å². The molecule has 0 aliphatic heterocycles. The van der Waals surface area contributed by atoms with Crippen LogP contribution in [0.3, 0.4) is 0 Å². The number of rotatable bonds is 7. The summed E-state index contributed by atoms with van der Waals surface area (Å²) < 4.78 is 6.97. The molecule has 3 rings (SSSR count). The molecule has 0 saturated heterocycles. The van der Waals surface area contributed by atoms with E-state index in [1.54, 1.807) is 6.21 Å². The first-order chi connectivity index (χ1) is 14.1. The molecule has 0 amide bonds. The van der Waals surface area contributed by atoms with Gasteiger partial charge in [-0.25, -0.2) is 0 Å². The van der Waals surface area contributed by atoms with E-state index in [1.807, 2.05) is 48.5 Å². The summed E-state index contributed by atoms with van der Waals surface area (Å²) in [4.78, 5) is 0. The third-order valence-electron chi connectivity index (χ3n) is 4.20. The maximum atomic E-state index is 6.02. The molecule has 29 heavy (non-hydrogen) atoms. The number of benzene rings is 3. The fourth-order valence-electron chi connectivity index (χ4n) is 2.59. The Labute approximate surface area is 184 Å². The van der Waals surface area contributed by atoms with Crippen molar-refractivity contribution in [2.75, 3.05) is 0 Å². The predicted molar refractivity (Wildman–Crippen MR) is 127 cm³/mol. The fourth-order valence-corrected chi connectivity index (χ4v) is 3.58. The number of halogens is 1. The van der Waals surface area contributed by atoms with Crippen molar-refractivity contribution in [3.8, 4) is 5.75 Å². The van der Waals surface area contributed by atoms with Crippen molar-refractivity contribution in [3.05, 3.63) is 99.5 Å². The molecule has 0 heterocycles. The van der Waals surface area contributed by atoms with E-state index in [0.717, 1.165) is 27.1 Å². The molecule has 0 spiro atoms. The van der Waals surface area contributed by atoms with Gasteiger partial charge in [0.25, 0.3) is 0 Å². The van der Waals surface area contributed by atoms with E-state index in [2.05, 4.69) is 57.3 Å². The van der Waals surface area contributed by atoms with Crippen LogP contribution in [0.2, 0.25) is 0 Å². The normalized spacial score (nSPS) is 11.7. The minimum Gasteiger partial charge on any atom is -0.488 e. The molecule has 2 N–H and O–H groups in total. The van der Waals surface area contributed by atoms with E-state index in [0.29, 0.717) is 11.8 Å². The largest absolute Gasteiger partial charge is 0.488 e. The SMILES string of the molecule is Cc1ccccc1COc1ccc(Br)cc1C=NN=C(N)SCc1ccccc1. The smallest absolute Gasteiger partial charge is 0.180 e. The van der Waals surface area contributed by atoms with Gasteiger partial charge in [0.05, 0.1) is 6.21 Å². The molecule has 4 nitrogen and oxygen atoms in total. The van der Waals surface area contributed by atoms with Crippen LogP contribution in [0.1, 0.15) is 22.3 Å². The predicted octanol–water partition coefficient (Wildman–Crippen LogP) is 5.92. The fraction of sp³-hybridized carbons (Fsp3) is 0.130. The molecule has 0 atom stereocenters. The van der Waals surface area contributed by atoms with Crippen molar-refractivity contribution in [1.29, 1.82) is 0 Å². The van der Waals surface area contributed by atoms with Crippen LogP contribution in [-0.2, 0) is 12.4 Å². The summed E-state index contributed by atoms with van der Waals surface area (Å²) in [6.07, 6.45) is 1.66. The van der Waals surface area contributed by atoms with Gasteiger partial charge in [-0.3, -0.25) is 0 Å². The zero-order valence-electron chi connectivity index (χ0n) is 16.1. The highest BCUT2D eigenvalue weighted by molar-refractivity contribution is 9.10. The summed E-state index contributed by atoms with van der Waals surface area (Å²) in [6, 6.07) is 24.1. The molecule has 3 aromatic carbocycles. The number of nitrogens with zero attached hydrogens (tertiary/aromatic N) is 2. The van der Waals surface area contributed by atoms with E-state index in [9.17, 15) is 0 Å². The summed E-state index contributed by atoms with van der Waals surface area (Å²) in [5.74, 6) is 1.50. The van der Waals surface area contributed by atoms with Crippen LogP contribution < -0.4 is 10.5 Å². The molecular weight excluding hydrogens is 446 g/mol. The van der Waals surface area contributed by atoms with Crippen LogP contribution in [0.5, 0.6) is 5.75 Å². The van der Waals surface area contributed by atoms with Gasteiger partial charge in [-0.2, -0.15) is 5.10 Å². The Morgan fingerprint density at radius 3 is 2.62 bits per heavy atom. The Bertz CT molecular complexity index is 1010. The highest BCUT2D eigenvalue weighted by Gasteiger charge is 2.05. The van der Waals surface area contributed by atoms with E-state index in [1.165, 1.54) is 22.9 Å².